The molecule has 3 rings (SSSR count). The molecule has 0 amide bonds. The fraction of sp³-hybridized carbons (Fsp3) is 0.0588. The minimum absolute atomic E-state index is 0.534. The number of nitrogens with two attached hydrogens (primary N) is 1. The molecular formula is C17H16N4. The number of nitrogens with zero attached hydrogens (tertiary/aromatic N) is 2. The van der Waals surface area contributed by atoms with Gasteiger partial charge < -0.3 is 11.1 Å². The summed E-state index contributed by atoms with van der Waals surface area (Å²) in [6, 6.07) is 18.5. The zero-order valence-corrected chi connectivity index (χ0v) is 11.5. The van der Waals surface area contributed by atoms with Crippen LogP contribution in [0.2, 0.25) is 0 Å². The molecule has 0 aliphatic heterocycles. The Labute approximate surface area is 123 Å². The maximum absolute atomic E-state index is 5.88. The number of para-hydroxylation sites is 1. The van der Waals surface area contributed by atoms with Crippen LogP contribution < -0.4 is 11.1 Å². The number of nitrogens with one attached hydrogen (secondary N) is 1. The van der Waals surface area contributed by atoms with Gasteiger partial charge in [-0.25, -0.2) is 9.97 Å². The third kappa shape index (κ3) is 3.17. The van der Waals surface area contributed by atoms with E-state index in [1.165, 1.54) is 17.5 Å². The lowest BCUT2D eigenvalue weighted by Gasteiger charge is -2.12. The molecule has 4 heteroatoms. The minimum atomic E-state index is 0.534. The van der Waals surface area contributed by atoms with Crippen molar-refractivity contribution in [2.45, 2.75) is 6.42 Å². The zero-order valence-electron chi connectivity index (χ0n) is 11.5. The Morgan fingerprint density at radius 3 is 2.52 bits per heavy atom. The summed E-state index contributed by atoms with van der Waals surface area (Å²) in [6.45, 7) is 0. The van der Waals surface area contributed by atoms with Gasteiger partial charge in [0.05, 0.1) is 11.9 Å². The van der Waals surface area contributed by atoms with Gasteiger partial charge >= 0.3 is 0 Å². The summed E-state index contributed by atoms with van der Waals surface area (Å²) in [5.41, 5.74) is 9.89. The van der Waals surface area contributed by atoms with Gasteiger partial charge in [0.1, 0.15) is 6.33 Å². The largest absolute Gasteiger partial charge is 0.394 e. The molecule has 1 aromatic heterocycles. The van der Waals surface area contributed by atoms with Gasteiger partial charge in [0.15, 0.2) is 5.82 Å². The highest BCUT2D eigenvalue weighted by Crippen LogP contribution is 2.24. The number of rotatable bonds is 4. The molecule has 0 fully saturated rings. The minimum Gasteiger partial charge on any atom is -0.394 e. The molecule has 0 saturated carbocycles. The van der Waals surface area contributed by atoms with Crippen LogP contribution in [0.4, 0.5) is 17.2 Å². The summed E-state index contributed by atoms with van der Waals surface area (Å²) in [7, 11) is 0. The summed E-state index contributed by atoms with van der Waals surface area (Å²) in [5.74, 6) is 0.630. The standard InChI is InChI=1S/C17H16N4/c18-15-11-19-12-20-17(15)21-16-9-5-4-8-14(16)10-13-6-2-1-3-7-13/h1-9,11-12H,10,18H2,(H,19,20,21). The summed E-state index contributed by atoms with van der Waals surface area (Å²) >= 11 is 0. The number of benzene rings is 2. The van der Waals surface area contributed by atoms with E-state index in [-0.39, 0.29) is 0 Å². The van der Waals surface area contributed by atoms with Crippen LogP contribution in [0, 0.1) is 0 Å². The smallest absolute Gasteiger partial charge is 0.157 e. The van der Waals surface area contributed by atoms with Crippen LogP contribution in [0.1, 0.15) is 11.1 Å². The number of hydrogen-bond acceptors (Lipinski definition) is 4. The fourth-order valence-corrected chi connectivity index (χ4v) is 2.18. The van der Waals surface area contributed by atoms with Crippen LogP contribution in [-0.4, -0.2) is 9.97 Å². The highest BCUT2D eigenvalue weighted by atomic mass is 15.0. The quantitative estimate of drug-likeness (QED) is 0.766. The Morgan fingerprint density at radius 2 is 1.71 bits per heavy atom. The van der Waals surface area contributed by atoms with Gasteiger partial charge in [-0.15, -0.1) is 0 Å². The van der Waals surface area contributed by atoms with E-state index >= 15 is 0 Å². The summed E-state index contributed by atoms with van der Waals surface area (Å²) in [5, 5.41) is 3.28. The van der Waals surface area contributed by atoms with Gasteiger partial charge in [-0.05, 0) is 23.6 Å². The Hall–Kier alpha value is -2.88. The lowest BCUT2D eigenvalue weighted by atomic mass is 10.0. The zero-order chi connectivity index (χ0) is 14.5. The lowest BCUT2D eigenvalue weighted by Crippen LogP contribution is -2.02. The van der Waals surface area contributed by atoms with Crippen LogP contribution in [-0.2, 0) is 6.42 Å². The molecule has 0 atom stereocenters. The molecule has 4 nitrogen and oxygen atoms in total. The first-order chi connectivity index (χ1) is 10.3. The van der Waals surface area contributed by atoms with Gasteiger partial charge in [-0.3, -0.25) is 0 Å². The molecular weight excluding hydrogens is 260 g/mol. The van der Waals surface area contributed by atoms with E-state index in [0.717, 1.165) is 12.1 Å². The summed E-state index contributed by atoms with van der Waals surface area (Å²) < 4.78 is 0. The van der Waals surface area contributed by atoms with E-state index < -0.39 is 0 Å². The first-order valence-corrected chi connectivity index (χ1v) is 6.77. The van der Waals surface area contributed by atoms with E-state index in [9.17, 15) is 0 Å². The van der Waals surface area contributed by atoms with Crippen molar-refractivity contribution in [2.24, 2.45) is 0 Å². The molecule has 0 bridgehead atoms. The SMILES string of the molecule is Nc1cncnc1Nc1ccccc1Cc1ccccc1. The molecule has 1 heterocycles. The molecule has 0 aliphatic carbocycles. The topological polar surface area (TPSA) is 63.8 Å². The third-order valence-corrected chi connectivity index (χ3v) is 3.25. The number of nitrogen functional groups attached to an aromatic ring is 1. The van der Waals surface area contributed by atoms with Crippen molar-refractivity contribution < 1.29 is 0 Å². The normalized spacial score (nSPS) is 10.3. The predicted molar refractivity (Wildman–Crippen MR) is 85.4 cm³/mol. The maximum Gasteiger partial charge on any atom is 0.157 e. The Kier molecular flexibility index (Phi) is 3.78. The van der Waals surface area contributed by atoms with Gasteiger partial charge in [0.2, 0.25) is 0 Å². The molecule has 0 saturated heterocycles. The maximum atomic E-state index is 5.88. The van der Waals surface area contributed by atoms with Crippen molar-refractivity contribution in [3.63, 3.8) is 0 Å². The number of anilines is 3. The van der Waals surface area contributed by atoms with E-state index in [1.807, 2.05) is 36.4 Å². The van der Waals surface area contributed by atoms with E-state index in [4.69, 9.17) is 5.73 Å². The van der Waals surface area contributed by atoms with Crippen molar-refractivity contribution >= 4 is 17.2 Å². The Balaban J connectivity index is 1.88. The lowest BCUT2D eigenvalue weighted by molar-refractivity contribution is 1.16. The van der Waals surface area contributed by atoms with Crippen LogP contribution in [0.15, 0.2) is 67.1 Å². The van der Waals surface area contributed by atoms with E-state index in [2.05, 4.69) is 33.5 Å². The number of aromatic nitrogens is 2. The Bertz CT molecular complexity index is 726. The molecule has 21 heavy (non-hydrogen) atoms. The molecule has 104 valence electrons. The predicted octanol–water partition coefficient (Wildman–Crippen LogP) is 3.39. The van der Waals surface area contributed by atoms with Crippen molar-refractivity contribution in [1.29, 1.82) is 0 Å². The van der Waals surface area contributed by atoms with Crippen molar-refractivity contribution in [1.82, 2.24) is 9.97 Å². The van der Waals surface area contributed by atoms with Crippen LogP contribution >= 0.6 is 0 Å². The number of hydrogen-bond donors (Lipinski definition) is 2. The second-order valence-electron chi connectivity index (χ2n) is 4.77. The first kappa shape index (κ1) is 13.1. The van der Waals surface area contributed by atoms with Crippen molar-refractivity contribution in [3.8, 4) is 0 Å². The van der Waals surface area contributed by atoms with Crippen molar-refractivity contribution in [3.05, 3.63) is 78.2 Å². The fourth-order valence-electron chi connectivity index (χ4n) is 2.18. The average molecular weight is 276 g/mol. The second kappa shape index (κ2) is 6.05. The Morgan fingerprint density at radius 1 is 0.952 bits per heavy atom. The van der Waals surface area contributed by atoms with Gasteiger partial charge in [-0.1, -0.05) is 48.5 Å². The van der Waals surface area contributed by atoms with Crippen molar-refractivity contribution in [2.75, 3.05) is 11.1 Å². The summed E-state index contributed by atoms with van der Waals surface area (Å²) in [6.07, 6.45) is 3.93. The monoisotopic (exact) mass is 276 g/mol. The van der Waals surface area contributed by atoms with Crippen LogP contribution in [0.25, 0.3) is 0 Å². The first-order valence-electron chi connectivity index (χ1n) is 6.77. The molecule has 2 aromatic carbocycles. The van der Waals surface area contributed by atoms with E-state index in [0.29, 0.717) is 11.5 Å². The van der Waals surface area contributed by atoms with Gasteiger partial charge in [0.25, 0.3) is 0 Å². The molecule has 0 radical (unpaired) electrons. The summed E-state index contributed by atoms with van der Waals surface area (Å²) in [4.78, 5) is 8.08. The van der Waals surface area contributed by atoms with Crippen LogP contribution in [0.5, 0.6) is 0 Å². The highest BCUT2D eigenvalue weighted by molar-refractivity contribution is 5.69. The highest BCUT2D eigenvalue weighted by Gasteiger charge is 2.06. The second-order valence-corrected chi connectivity index (χ2v) is 4.77. The van der Waals surface area contributed by atoms with Gasteiger partial charge in [0, 0.05) is 5.69 Å². The van der Waals surface area contributed by atoms with Crippen LogP contribution in [0.3, 0.4) is 0 Å². The molecule has 3 N–H and O–H groups in total. The molecule has 0 spiro atoms. The van der Waals surface area contributed by atoms with Gasteiger partial charge in [-0.2, -0.15) is 0 Å². The molecule has 0 aliphatic rings. The third-order valence-electron chi connectivity index (χ3n) is 3.25. The molecule has 0 unspecified atom stereocenters. The average Bonchev–Trinajstić information content (AvgIpc) is 2.52. The molecule has 3 aromatic rings. The van der Waals surface area contributed by atoms with E-state index in [1.54, 1.807) is 6.20 Å².